The fourth-order valence-electron chi connectivity index (χ4n) is 5.49. The van der Waals surface area contributed by atoms with Crippen molar-refractivity contribution in [3.05, 3.63) is 46.7 Å². The van der Waals surface area contributed by atoms with Gasteiger partial charge in [0.2, 0.25) is 11.8 Å². The van der Waals surface area contributed by atoms with Crippen LogP contribution in [-0.2, 0) is 20.7 Å². The number of anilines is 1. The van der Waals surface area contributed by atoms with Gasteiger partial charge >= 0.3 is 0 Å². The molecule has 9 heteroatoms. The van der Waals surface area contributed by atoms with Crippen LogP contribution in [0.5, 0.6) is 5.75 Å². The fraction of sp³-hybridized carbons (Fsp3) is 0.533. The Morgan fingerprint density at radius 1 is 1.21 bits per heavy atom. The molecular formula is C30H39ClFN3O4. The van der Waals surface area contributed by atoms with Gasteiger partial charge in [-0.2, -0.15) is 0 Å². The Bertz CT molecular complexity index is 1170. The maximum Gasteiger partial charge on any atom is 0.227 e. The van der Waals surface area contributed by atoms with Gasteiger partial charge in [-0.25, -0.2) is 4.39 Å². The molecule has 1 N–H and O–H groups in total. The fourth-order valence-corrected chi connectivity index (χ4v) is 5.72. The van der Waals surface area contributed by atoms with Crippen molar-refractivity contribution in [1.29, 1.82) is 0 Å². The zero-order valence-corrected chi connectivity index (χ0v) is 23.9. The lowest BCUT2D eigenvalue weighted by Crippen LogP contribution is -2.52. The predicted octanol–water partition coefficient (Wildman–Crippen LogP) is 5.22. The monoisotopic (exact) mass is 559 g/mol. The number of hydrogen-bond acceptors (Lipinski definition) is 5. The Hall–Kier alpha value is -2.68. The number of piperidine rings is 1. The second-order valence-corrected chi connectivity index (χ2v) is 10.9. The second kappa shape index (κ2) is 13.6. The molecule has 212 valence electrons. The van der Waals surface area contributed by atoms with Crippen molar-refractivity contribution in [1.82, 2.24) is 10.2 Å². The van der Waals surface area contributed by atoms with Crippen LogP contribution in [0.3, 0.4) is 0 Å². The summed E-state index contributed by atoms with van der Waals surface area (Å²) >= 11 is 6.75. The summed E-state index contributed by atoms with van der Waals surface area (Å²) in [6.07, 6.45) is 4.02. The van der Waals surface area contributed by atoms with Crippen LogP contribution < -0.4 is 15.0 Å². The molecule has 4 rings (SSSR count). The lowest BCUT2D eigenvalue weighted by Gasteiger charge is -2.37. The molecule has 2 heterocycles. The number of halogens is 2. The number of amides is 2. The summed E-state index contributed by atoms with van der Waals surface area (Å²) in [5.41, 5.74) is 2.05. The summed E-state index contributed by atoms with van der Waals surface area (Å²) in [6, 6.07) is 8.28. The first kappa shape index (κ1) is 29.3. The van der Waals surface area contributed by atoms with E-state index in [0.717, 1.165) is 32.4 Å². The van der Waals surface area contributed by atoms with Gasteiger partial charge in [-0.3, -0.25) is 9.59 Å². The third-order valence-electron chi connectivity index (χ3n) is 7.37. The van der Waals surface area contributed by atoms with Gasteiger partial charge in [0, 0.05) is 73.6 Å². The van der Waals surface area contributed by atoms with E-state index in [1.165, 1.54) is 6.07 Å². The van der Waals surface area contributed by atoms with Crippen molar-refractivity contribution >= 4 is 29.1 Å². The van der Waals surface area contributed by atoms with Gasteiger partial charge in [-0.05, 0) is 75.5 Å². The average molecular weight is 560 g/mol. The number of benzene rings is 2. The molecule has 0 aromatic heterocycles. The number of ether oxygens (including phenoxy) is 2. The molecule has 7 nitrogen and oxygen atoms in total. The van der Waals surface area contributed by atoms with Crippen molar-refractivity contribution in [2.45, 2.75) is 64.5 Å². The first-order chi connectivity index (χ1) is 18.8. The van der Waals surface area contributed by atoms with Crippen LogP contribution in [0, 0.1) is 5.82 Å². The highest BCUT2D eigenvalue weighted by molar-refractivity contribution is 6.32. The Balaban J connectivity index is 1.67. The van der Waals surface area contributed by atoms with Gasteiger partial charge in [-0.1, -0.05) is 11.6 Å². The van der Waals surface area contributed by atoms with Crippen molar-refractivity contribution in [3.63, 3.8) is 0 Å². The molecule has 0 bridgehead atoms. The Kier molecular flexibility index (Phi) is 10.2. The molecule has 2 aliphatic rings. The quantitative estimate of drug-likeness (QED) is 0.382. The summed E-state index contributed by atoms with van der Waals surface area (Å²) in [7, 11) is 1.63. The van der Waals surface area contributed by atoms with E-state index >= 15 is 4.39 Å². The number of carbonyl (C=O) groups excluding carboxylic acids is 2. The molecule has 2 fully saturated rings. The summed E-state index contributed by atoms with van der Waals surface area (Å²) in [6.45, 7) is 7.29. The van der Waals surface area contributed by atoms with E-state index in [-0.39, 0.29) is 30.3 Å². The van der Waals surface area contributed by atoms with Crippen LogP contribution in [-0.4, -0.2) is 68.8 Å². The molecule has 2 amide bonds. The van der Waals surface area contributed by atoms with Gasteiger partial charge in [-0.15, -0.1) is 0 Å². The maximum absolute atomic E-state index is 15.2. The van der Waals surface area contributed by atoms with E-state index in [2.05, 4.69) is 5.32 Å². The van der Waals surface area contributed by atoms with Crippen LogP contribution in [0.1, 0.15) is 51.5 Å². The standard InChI is InChI=1S/C30H39ClFN3O4/c1-20(2)35(23-7-4-11-33-19-23)30(37)16-21-15-28(39-14-6-13-38-3)25(18-26(21)31)24-17-22(9-10-27(24)32)34-12-5-8-29(34)36/h9-10,15,17-18,20,23,33H,4-8,11-14,16,19H2,1-3H3/t23-/m1/s1. The Labute approximate surface area is 235 Å². The molecular weight excluding hydrogens is 521 g/mol. The highest BCUT2D eigenvalue weighted by Crippen LogP contribution is 2.39. The van der Waals surface area contributed by atoms with Crippen molar-refractivity contribution < 1.29 is 23.5 Å². The molecule has 2 aliphatic heterocycles. The zero-order valence-electron chi connectivity index (χ0n) is 23.1. The van der Waals surface area contributed by atoms with Crippen LogP contribution in [0.2, 0.25) is 5.02 Å². The SMILES string of the molecule is COCCCOc1cc(CC(=O)N(C(C)C)[C@@H]2CCCNC2)c(Cl)cc1-c1cc(N2CCCC2=O)ccc1F. The predicted molar refractivity (Wildman–Crippen MR) is 152 cm³/mol. The van der Waals surface area contributed by atoms with Crippen LogP contribution in [0.4, 0.5) is 10.1 Å². The first-order valence-corrected chi connectivity index (χ1v) is 14.2. The lowest BCUT2D eigenvalue weighted by atomic mass is 9.98. The third-order valence-corrected chi connectivity index (χ3v) is 7.73. The number of carbonyl (C=O) groups is 2. The smallest absolute Gasteiger partial charge is 0.227 e. The summed E-state index contributed by atoms with van der Waals surface area (Å²) < 4.78 is 26.5. The molecule has 0 unspecified atom stereocenters. The van der Waals surface area contributed by atoms with E-state index < -0.39 is 5.82 Å². The van der Waals surface area contributed by atoms with Gasteiger partial charge in [0.25, 0.3) is 0 Å². The summed E-state index contributed by atoms with van der Waals surface area (Å²) in [5, 5.41) is 3.76. The molecule has 2 aromatic carbocycles. The van der Waals surface area contributed by atoms with Gasteiger partial charge in [0.05, 0.1) is 13.0 Å². The zero-order chi connectivity index (χ0) is 27.9. The second-order valence-electron chi connectivity index (χ2n) is 10.5. The topological polar surface area (TPSA) is 71.1 Å². The van der Waals surface area contributed by atoms with E-state index in [1.54, 1.807) is 36.3 Å². The minimum Gasteiger partial charge on any atom is -0.493 e. The number of nitrogens with zero attached hydrogens (tertiary/aromatic N) is 2. The van der Waals surface area contributed by atoms with Gasteiger partial charge in [0.1, 0.15) is 11.6 Å². The molecule has 39 heavy (non-hydrogen) atoms. The van der Waals surface area contributed by atoms with E-state index in [1.807, 2.05) is 18.7 Å². The van der Waals surface area contributed by atoms with Crippen molar-refractivity contribution in [3.8, 4) is 16.9 Å². The highest BCUT2D eigenvalue weighted by Gasteiger charge is 2.29. The Morgan fingerprint density at radius 3 is 2.69 bits per heavy atom. The van der Waals surface area contributed by atoms with E-state index in [4.69, 9.17) is 21.1 Å². The van der Waals surface area contributed by atoms with Gasteiger partial charge < -0.3 is 24.6 Å². The van der Waals surface area contributed by atoms with Crippen LogP contribution >= 0.6 is 11.6 Å². The first-order valence-electron chi connectivity index (χ1n) is 13.9. The normalized spacial score (nSPS) is 17.6. The Morgan fingerprint density at radius 2 is 2.03 bits per heavy atom. The number of methoxy groups -OCH3 is 1. The van der Waals surface area contributed by atoms with E-state index in [9.17, 15) is 9.59 Å². The molecule has 0 spiro atoms. The largest absolute Gasteiger partial charge is 0.493 e. The van der Waals surface area contributed by atoms with Crippen molar-refractivity contribution in [2.75, 3.05) is 44.9 Å². The minimum atomic E-state index is -0.442. The number of hydrogen-bond donors (Lipinski definition) is 1. The molecule has 0 aliphatic carbocycles. The third kappa shape index (κ3) is 7.10. The van der Waals surface area contributed by atoms with Crippen LogP contribution in [0.25, 0.3) is 11.1 Å². The van der Waals surface area contributed by atoms with E-state index in [0.29, 0.717) is 65.8 Å². The average Bonchev–Trinajstić information content (AvgIpc) is 3.34. The minimum absolute atomic E-state index is 0.000549. The summed E-state index contributed by atoms with van der Waals surface area (Å²) in [4.78, 5) is 29.5. The van der Waals surface area contributed by atoms with Crippen LogP contribution in [0.15, 0.2) is 30.3 Å². The van der Waals surface area contributed by atoms with Gasteiger partial charge in [0.15, 0.2) is 0 Å². The summed E-state index contributed by atoms with van der Waals surface area (Å²) in [5.74, 6) is 0.0260. The molecule has 1 atom stereocenters. The van der Waals surface area contributed by atoms with Crippen molar-refractivity contribution in [2.24, 2.45) is 0 Å². The highest BCUT2D eigenvalue weighted by atomic mass is 35.5. The number of nitrogens with one attached hydrogen (secondary N) is 1. The molecule has 0 saturated carbocycles. The molecule has 2 saturated heterocycles. The lowest BCUT2D eigenvalue weighted by molar-refractivity contribution is -0.135. The maximum atomic E-state index is 15.2. The molecule has 0 radical (unpaired) electrons. The number of rotatable bonds is 11. The molecule has 2 aromatic rings.